The standard InChI is InChI=1S/C21H26N6/c1-3-22-15-9-5-6-10-17-16-18(13-14-19(17)24-23-4-2)27-21-12-8-7-11-20(21)25-26-27/h3-4,7-8,11-14,16,22-24H,1-2,5-6,9-10,15H2. The van der Waals surface area contributed by atoms with E-state index in [0.29, 0.717) is 0 Å². The first-order valence-electron chi connectivity index (χ1n) is 9.24. The molecule has 0 bridgehead atoms. The van der Waals surface area contributed by atoms with Crippen molar-refractivity contribution >= 4 is 16.7 Å². The molecule has 6 nitrogen and oxygen atoms in total. The summed E-state index contributed by atoms with van der Waals surface area (Å²) < 4.78 is 1.89. The zero-order chi connectivity index (χ0) is 18.9. The van der Waals surface area contributed by atoms with Crippen molar-refractivity contribution in [2.45, 2.75) is 25.7 Å². The third-order valence-corrected chi connectivity index (χ3v) is 4.41. The number of aryl methyl sites for hydroxylation is 1. The van der Waals surface area contributed by atoms with E-state index in [1.807, 2.05) is 35.0 Å². The molecule has 0 saturated heterocycles. The van der Waals surface area contributed by atoms with Crippen LogP contribution in [0.2, 0.25) is 0 Å². The van der Waals surface area contributed by atoms with Crippen molar-refractivity contribution < 1.29 is 0 Å². The van der Waals surface area contributed by atoms with E-state index in [1.165, 1.54) is 5.56 Å². The van der Waals surface area contributed by atoms with Crippen molar-refractivity contribution in [3.63, 3.8) is 0 Å². The van der Waals surface area contributed by atoms with Crippen molar-refractivity contribution in [2.24, 2.45) is 0 Å². The third kappa shape index (κ3) is 4.67. The number of rotatable bonds is 11. The topological polar surface area (TPSA) is 66.8 Å². The molecule has 3 aromatic rings. The molecule has 0 aliphatic heterocycles. The van der Waals surface area contributed by atoms with Gasteiger partial charge in [-0.25, -0.2) is 4.68 Å². The monoisotopic (exact) mass is 362 g/mol. The predicted octanol–water partition coefficient (Wildman–Crippen LogP) is 3.93. The lowest BCUT2D eigenvalue weighted by Crippen LogP contribution is -2.15. The van der Waals surface area contributed by atoms with Gasteiger partial charge in [-0.15, -0.1) is 5.10 Å². The smallest absolute Gasteiger partial charge is 0.113 e. The molecule has 1 heterocycles. The molecular formula is C21H26N6. The molecule has 1 aromatic heterocycles. The zero-order valence-corrected chi connectivity index (χ0v) is 15.5. The van der Waals surface area contributed by atoms with E-state index in [2.05, 4.69) is 51.8 Å². The minimum atomic E-state index is 0.893. The van der Waals surface area contributed by atoms with Gasteiger partial charge in [0, 0.05) is 12.7 Å². The molecule has 6 heteroatoms. The normalized spacial score (nSPS) is 10.5. The van der Waals surface area contributed by atoms with Crippen LogP contribution in [0.5, 0.6) is 0 Å². The second-order valence-electron chi connectivity index (χ2n) is 6.27. The van der Waals surface area contributed by atoms with Gasteiger partial charge < -0.3 is 16.2 Å². The van der Waals surface area contributed by atoms with Crippen LogP contribution < -0.4 is 16.2 Å². The van der Waals surface area contributed by atoms with Crippen LogP contribution in [0.15, 0.2) is 68.0 Å². The van der Waals surface area contributed by atoms with E-state index < -0.39 is 0 Å². The second-order valence-corrected chi connectivity index (χ2v) is 6.27. The Morgan fingerprint density at radius 3 is 2.74 bits per heavy atom. The number of para-hydroxylation sites is 1. The van der Waals surface area contributed by atoms with Crippen LogP contribution in [-0.4, -0.2) is 21.5 Å². The molecule has 0 amide bonds. The van der Waals surface area contributed by atoms with Crippen LogP contribution in [0.25, 0.3) is 16.7 Å². The molecule has 0 aliphatic rings. The number of benzene rings is 2. The largest absolute Gasteiger partial charge is 0.391 e. The van der Waals surface area contributed by atoms with Gasteiger partial charge >= 0.3 is 0 Å². The molecule has 3 rings (SSSR count). The fraction of sp³-hybridized carbons (Fsp3) is 0.238. The van der Waals surface area contributed by atoms with Crippen LogP contribution in [0.3, 0.4) is 0 Å². The molecule has 0 saturated carbocycles. The van der Waals surface area contributed by atoms with Crippen LogP contribution in [0.1, 0.15) is 24.8 Å². The Kier molecular flexibility index (Phi) is 6.46. The van der Waals surface area contributed by atoms with Crippen molar-refractivity contribution in [3.8, 4) is 5.69 Å². The molecule has 0 radical (unpaired) electrons. The number of aromatic nitrogens is 3. The van der Waals surface area contributed by atoms with Crippen molar-refractivity contribution in [2.75, 3.05) is 12.0 Å². The molecular weight excluding hydrogens is 336 g/mol. The Bertz CT molecular complexity index is 899. The lowest BCUT2D eigenvalue weighted by molar-refractivity contribution is 0.655. The summed E-state index contributed by atoms with van der Waals surface area (Å²) in [5.74, 6) is 0. The number of hydrogen-bond donors (Lipinski definition) is 3. The molecule has 0 atom stereocenters. The molecule has 27 heavy (non-hydrogen) atoms. The highest BCUT2D eigenvalue weighted by Crippen LogP contribution is 2.23. The second kappa shape index (κ2) is 9.43. The van der Waals surface area contributed by atoms with E-state index >= 15 is 0 Å². The molecule has 0 fully saturated rings. The van der Waals surface area contributed by atoms with Crippen LogP contribution >= 0.6 is 0 Å². The first-order valence-corrected chi connectivity index (χ1v) is 9.24. The van der Waals surface area contributed by atoms with Crippen molar-refractivity contribution in [3.05, 3.63) is 73.6 Å². The Morgan fingerprint density at radius 1 is 1.00 bits per heavy atom. The van der Waals surface area contributed by atoms with Gasteiger partial charge in [-0.05, 0) is 61.4 Å². The first-order chi connectivity index (χ1) is 13.3. The summed E-state index contributed by atoms with van der Waals surface area (Å²) in [7, 11) is 0. The van der Waals surface area contributed by atoms with Gasteiger partial charge in [0.25, 0.3) is 0 Å². The highest BCUT2D eigenvalue weighted by Gasteiger charge is 2.09. The fourth-order valence-electron chi connectivity index (χ4n) is 3.05. The van der Waals surface area contributed by atoms with Crippen LogP contribution in [0, 0.1) is 0 Å². The summed E-state index contributed by atoms with van der Waals surface area (Å²) >= 11 is 0. The molecule has 3 N–H and O–H groups in total. The van der Waals surface area contributed by atoms with Crippen molar-refractivity contribution in [1.82, 2.24) is 25.7 Å². The van der Waals surface area contributed by atoms with Crippen LogP contribution in [-0.2, 0) is 6.42 Å². The average Bonchev–Trinajstić information content (AvgIpc) is 3.13. The summed E-state index contributed by atoms with van der Waals surface area (Å²) in [5.41, 5.74) is 11.3. The quantitative estimate of drug-likeness (QED) is 0.356. The maximum atomic E-state index is 4.33. The summed E-state index contributed by atoms with van der Waals surface area (Å²) in [4.78, 5) is 0. The summed E-state index contributed by atoms with van der Waals surface area (Å²) in [6.07, 6.45) is 7.76. The van der Waals surface area contributed by atoms with Crippen LogP contribution in [0.4, 0.5) is 5.69 Å². The molecule has 2 aromatic carbocycles. The lowest BCUT2D eigenvalue weighted by atomic mass is 10.0. The number of nitrogens with zero attached hydrogens (tertiary/aromatic N) is 3. The van der Waals surface area contributed by atoms with Gasteiger partial charge in [0.15, 0.2) is 0 Å². The van der Waals surface area contributed by atoms with Gasteiger partial charge in [-0.2, -0.15) is 0 Å². The highest BCUT2D eigenvalue weighted by atomic mass is 15.4. The summed E-state index contributed by atoms with van der Waals surface area (Å²) in [6.45, 7) is 8.33. The lowest BCUT2D eigenvalue weighted by Gasteiger charge is -2.14. The molecule has 0 unspecified atom stereocenters. The fourth-order valence-corrected chi connectivity index (χ4v) is 3.05. The molecule has 0 aliphatic carbocycles. The number of fused-ring (bicyclic) bond motifs is 1. The van der Waals surface area contributed by atoms with Gasteiger partial charge in [0.05, 0.1) is 16.9 Å². The Labute approximate surface area is 159 Å². The molecule has 0 spiro atoms. The Balaban J connectivity index is 1.79. The van der Waals surface area contributed by atoms with E-state index in [-0.39, 0.29) is 0 Å². The number of hydrazine groups is 1. The van der Waals surface area contributed by atoms with Gasteiger partial charge in [-0.3, -0.25) is 0 Å². The van der Waals surface area contributed by atoms with E-state index in [0.717, 1.165) is 54.6 Å². The van der Waals surface area contributed by atoms with Gasteiger partial charge in [0.1, 0.15) is 5.52 Å². The first kappa shape index (κ1) is 18.5. The Morgan fingerprint density at radius 2 is 1.89 bits per heavy atom. The number of unbranched alkanes of at least 4 members (excludes halogenated alkanes) is 2. The molecule has 140 valence electrons. The van der Waals surface area contributed by atoms with Crippen molar-refractivity contribution in [1.29, 1.82) is 0 Å². The van der Waals surface area contributed by atoms with E-state index in [4.69, 9.17) is 0 Å². The minimum absolute atomic E-state index is 0.893. The SMILES string of the molecule is C=CNCCCCCc1cc(-n2nnc3ccccc32)ccc1NNC=C. The maximum absolute atomic E-state index is 4.33. The predicted molar refractivity (Wildman–Crippen MR) is 112 cm³/mol. The zero-order valence-electron chi connectivity index (χ0n) is 15.5. The highest BCUT2D eigenvalue weighted by molar-refractivity contribution is 5.76. The average molecular weight is 362 g/mol. The summed E-state index contributed by atoms with van der Waals surface area (Å²) in [6, 6.07) is 14.3. The van der Waals surface area contributed by atoms with E-state index in [9.17, 15) is 0 Å². The summed E-state index contributed by atoms with van der Waals surface area (Å²) in [5, 5.41) is 11.7. The maximum Gasteiger partial charge on any atom is 0.113 e. The number of anilines is 1. The number of hydrogen-bond acceptors (Lipinski definition) is 5. The third-order valence-electron chi connectivity index (χ3n) is 4.41. The Hall–Kier alpha value is -3.28. The van der Waals surface area contributed by atoms with E-state index in [1.54, 1.807) is 12.4 Å². The minimum Gasteiger partial charge on any atom is -0.391 e. The van der Waals surface area contributed by atoms with Gasteiger partial charge in [-0.1, -0.05) is 36.9 Å². The number of nitrogens with one attached hydrogen (secondary N) is 3. The van der Waals surface area contributed by atoms with Gasteiger partial charge in [0.2, 0.25) is 0 Å².